The average molecular weight is 617 g/mol. The summed E-state index contributed by atoms with van der Waals surface area (Å²) < 4.78 is 7.47. The van der Waals surface area contributed by atoms with Crippen LogP contribution in [0.25, 0.3) is 15.8 Å². The lowest BCUT2D eigenvalue weighted by molar-refractivity contribution is -0.384. The molecular weight excluding hydrogens is 606 g/mol. The highest BCUT2D eigenvalue weighted by atomic mass is 79.9. The zero-order chi connectivity index (χ0) is 18.5. The lowest BCUT2D eigenvalue weighted by Crippen LogP contribution is -2.14. The number of nitro benzene ring substituents is 1. The first-order valence-corrected chi connectivity index (χ1v) is 11.7. The van der Waals surface area contributed by atoms with E-state index in [0.717, 1.165) is 21.5 Å². The van der Waals surface area contributed by atoms with E-state index in [1.165, 1.54) is 0 Å². The number of fused-ring (bicyclic) bond motifs is 3. The standard InChI is InChI=1S/C15H11Br4N3O2S/c1-2-3-25-15-9(19)4-6(16)12(20)10(15)11-13(21-25)7(17)5-8(18)14(11)22(23)24/h4-5H,2-3,20H2,1H3. The molecule has 0 aliphatic carbocycles. The summed E-state index contributed by atoms with van der Waals surface area (Å²) in [4.78, 5) is 12.3. The molecule has 2 aromatic carbocycles. The predicted molar refractivity (Wildman–Crippen MR) is 118 cm³/mol. The minimum Gasteiger partial charge on any atom is -0.456 e. The molecule has 0 fully saturated rings. The topological polar surface area (TPSA) is 83.3 Å². The highest BCUT2D eigenvalue weighted by Gasteiger charge is 2.36. The summed E-state index contributed by atoms with van der Waals surface area (Å²) in [6.07, 6.45) is 0.944. The first kappa shape index (κ1) is 19.5. The third-order valence-corrected chi connectivity index (χ3v) is 8.52. The normalized spacial score (nSPS) is 15.3. The first-order valence-electron chi connectivity index (χ1n) is 7.14. The van der Waals surface area contributed by atoms with Gasteiger partial charge in [0.2, 0.25) is 0 Å². The number of nitrogens with two attached hydrogens (primary N) is 1. The molecule has 2 N–H and O–H groups in total. The Morgan fingerprint density at radius 3 is 2.36 bits per heavy atom. The van der Waals surface area contributed by atoms with Gasteiger partial charge in [0.1, 0.15) is 5.75 Å². The van der Waals surface area contributed by atoms with Gasteiger partial charge in [0.15, 0.2) is 4.90 Å². The highest BCUT2D eigenvalue weighted by Crippen LogP contribution is 2.59. The molecule has 0 spiro atoms. The molecule has 1 aliphatic rings. The van der Waals surface area contributed by atoms with Gasteiger partial charge in [0.05, 0.1) is 30.7 Å². The highest BCUT2D eigenvalue weighted by molar-refractivity contribution is 9.11. The second-order valence-corrected chi connectivity index (χ2v) is 10.4. The smallest absolute Gasteiger partial charge is 0.290 e. The average Bonchev–Trinajstić information content (AvgIpc) is 2.52. The molecule has 2 aromatic rings. The van der Waals surface area contributed by atoms with E-state index in [-0.39, 0.29) is 5.69 Å². The van der Waals surface area contributed by atoms with Crippen LogP contribution in [0.4, 0.5) is 17.1 Å². The minimum atomic E-state index is -0.440. The van der Waals surface area contributed by atoms with Crippen molar-refractivity contribution in [2.24, 2.45) is 0 Å². The summed E-state index contributed by atoms with van der Waals surface area (Å²) in [5.74, 6) is 0.850. The Morgan fingerprint density at radius 1 is 1.12 bits per heavy atom. The number of nitro groups is 1. The molecule has 0 bridgehead atoms. The number of nitrogens with zero attached hydrogens (tertiary/aromatic N) is 2. The van der Waals surface area contributed by atoms with Crippen molar-refractivity contribution in [2.45, 2.75) is 18.2 Å². The summed E-state index contributed by atoms with van der Waals surface area (Å²) in [7, 11) is 0. The van der Waals surface area contributed by atoms with Crippen molar-refractivity contribution >= 4 is 91.9 Å². The van der Waals surface area contributed by atoms with Gasteiger partial charge in [-0.2, -0.15) is 0 Å². The van der Waals surface area contributed by atoms with Gasteiger partial charge < -0.3 is 10.5 Å². The van der Waals surface area contributed by atoms with E-state index >= 15 is 0 Å². The summed E-state index contributed by atoms with van der Waals surface area (Å²) in [6, 6.07) is 3.55. The molecule has 0 saturated carbocycles. The van der Waals surface area contributed by atoms with E-state index < -0.39 is 16.0 Å². The van der Waals surface area contributed by atoms with Gasteiger partial charge in [-0.15, -0.1) is 0 Å². The molecule has 3 rings (SSSR count). The van der Waals surface area contributed by atoms with Crippen LogP contribution in [0.3, 0.4) is 0 Å². The van der Waals surface area contributed by atoms with Crippen molar-refractivity contribution in [1.82, 2.24) is 0 Å². The van der Waals surface area contributed by atoms with Crippen molar-refractivity contribution in [3.8, 4) is 11.1 Å². The van der Waals surface area contributed by atoms with Gasteiger partial charge in [-0.1, -0.05) is 28.5 Å². The van der Waals surface area contributed by atoms with Gasteiger partial charge in [0.25, 0.3) is 5.69 Å². The molecule has 0 aromatic heterocycles. The van der Waals surface area contributed by atoms with Crippen LogP contribution in [-0.2, 0) is 11.1 Å². The zero-order valence-corrected chi connectivity index (χ0v) is 19.9. The van der Waals surface area contributed by atoms with Crippen LogP contribution >= 0.6 is 63.7 Å². The van der Waals surface area contributed by atoms with Crippen LogP contribution < -0.4 is 5.73 Å². The molecule has 1 aliphatic heterocycles. The SMILES string of the molecule is CCC[S+]1[N-]c2c(Br)cc(Br)c([N+](=O)[O-])c2-c2c(N)c(Br)cc(Br)c21. The van der Waals surface area contributed by atoms with Crippen molar-refractivity contribution < 1.29 is 4.92 Å². The Morgan fingerprint density at radius 2 is 1.76 bits per heavy atom. The molecule has 25 heavy (non-hydrogen) atoms. The fraction of sp³-hybridized carbons (Fsp3) is 0.200. The molecule has 132 valence electrons. The maximum Gasteiger partial charge on any atom is 0.290 e. The molecule has 10 heteroatoms. The van der Waals surface area contributed by atoms with E-state index in [2.05, 4.69) is 70.6 Å². The van der Waals surface area contributed by atoms with E-state index in [9.17, 15) is 10.1 Å². The Bertz CT molecular complexity index is 907. The lowest BCUT2D eigenvalue weighted by Gasteiger charge is -2.33. The third-order valence-electron chi connectivity index (χ3n) is 3.67. The summed E-state index contributed by atoms with van der Waals surface area (Å²) in [6.45, 7) is 2.09. The summed E-state index contributed by atoms with van der Waals surface area (Å²) in [5, 5.41) is 11.8. The molecule has 5 nitrogen and oxygen atoms in total. The van der Waals surface area contributed by atoms with Crippen LogP contribution in [-0.4, -0.2) is 10.7 Å². The van der Waals surface area contributed by atoms with Gasteiger partial charge in [-0.05, 0) is 77.4 Å². The molecule has 1 atom stereocenters. The maximum atomic E-state index is 11.8. The van der Waals surface area contributed by atoms with Crippen molar-refractivity contribution in [3.05, 3.63) is 44.9 Å². The van der Waals surface area contributed by atoms with E-state index in [0.29, 0.717) is 35.9 Å². The number of benzene rings is 2. The van der Waals surface area contributed by atoms with Crippen LogP contribution in [0, 0.1) is 10.1 Å². The van der Waals surface area contributed by atoms with Crippen molar-refractivity contribution in [2.75, 3.05) is 11.5 Å². The summed E-state index contributed by atoms with van der Waals surface area (Å²) in [5.41, 5.74) is 8.51. The lowest BCUT2D eigenvalue weighted by atomic mass is 9.99. The Hall–Kier alpha value is -0.290. The maximum absolute atomic E-state index is 11.8. The van der Waals surface area contributed by atoms with Crippen LogP contribution in [0.15, 0.2) is 34.9 Å². The summed E-state index contributed by atoms with van der Waals surface area (Å²) >= 11 is 13.4. The fourth-order valence-electron chi connectivity index (χ4n) is 2.69. The monoisotopic (exact) mass is 613 g/mol. The number of rotatable bonds is 3. The van der Waals surface area contributed by atoms with Crippen molar-refractivity contribution in [1.29, 1.82) is 0 Å². The Kier molecular flexibility index (Phi) is 5.75. The van der Waals surface area contributed by atoms with Crippen molar-refractivity contribution in [3.63, 3.8) is 0 Å². The van der Waals surface area contributed by atoms with Gasteiger partial charge in [-0.25, -0.2) is 0 Å². The number of hydrogen-bond donors (Lipinski definition) is 1. The van der Waals surface area contributed by atoms with E-state index in [1.54, 1.807) is 6.07 Å². The van der Waals surface area contributed by atoms with Crippen LogP contribution in [0.5, 0.6) is 0 Å². The number of hydrogen-bond acceptors (Lipinski definition) is 3. The van der Waals surface area contributed by atoms with Crippen LogP contribution in [0.2, 0.25) is 0 Å². The fourth-order valence-corrected chi connectivity index (χ4v) is 7.84. The molecule has 0 amide bonds. The second-order valence-electron chi connectivity index (χ2n) is 5.29. The quantitative estimate of drug-likeness (QED) is 0.171. The molecule has 0 radical (unpaired) electrons. The molecule has 1 heterocycles. The number of halogens is 4. The molecular formula is C15H11Br4N3O2S. The molecule has 0 saturated heterocycles. The van der Waals surface area contributed by atoms with E-state index in [4.69, 9.17) is 10.5 Å². The second kappa shape index (κ2) is 7.38. The van der Waals surface area contributed by atoms with Crippen LogP contribution in [0.1, 0.15) is 13.3 Å². The van der Waals surface area contributed by atoms with Gasteiger partial charge in [-0.3, -0.25) is 10.1 Å². The van der Waals surface area contributed by atoms with Gasteiger partial charge in [0, 0.05) is 8.95 Å². The first-order chi connectivity index (χ1) is 11.8. The zero-order valence-electron chi connectivity index (χ0n) is 12.8. The predicted octanol–water partition coefficient (Wildman–Crippen LogP) is 7.22. The van der Waals surface area contributed by atoms with E-state index in [1.807, 2.05) is 6.07 Å². The molecule has 1 unspecified atom stereocenters. The third kappa shape index (κ3) is 3.24. The Balaban J connectivity index is 2.49. The largest absolute Gasteiger partial charge is 0.456 e. The number of nitrogen functional groups attached to an aromatic ring is 1. The number of anilines is 1. The van der Waals surface area contributed by atoms with Gasteiger partial charge >= 0.3 is 0 Å². The Labute approximate surface area is 181 Å². The minimum absolute atomic E-state index is 0.0281.